The zero-order valence-electron chi connectivity index (χ0n) is 19.0. The first-order valence-corrected chi connectivity index (χ1v) is 10.6. The van der Waals surface area contributed by atoms with E-state index in [0.29, 0.717) is 19.5 Å². The summed E-state index contributed by atoms with van der Waals surface area (Å²) in [6.07, 6.45) is 2.47. The summed E-state index contributed by atoms with van der Waals surface area (Å²) in [5.41, 5.74) is 3.47. The highest BCUT2D eigenvalue weighted by Gasteiger charge is 2.19. The van der Waals surface area contributed by atoms with Crippen molar-refractivity contribution in [3.05, 3.63) is 59.2 Å². The van der Waals surface area contributed by atoms with Gasteiger partial charge in [0.25, 0.3) is 0 Å². The maximum Gasteiger partial charge on any atom is 0.222 e. The molecule has 0 aromatic heterocycles. The second kappa shape index (κ2) is 13.1. The second-order valence-electron chi connectivity index (χ2n) is 7.53. The third-order valence-electron chi connectivity index (χ3n) is 5.37. The molecule has 1 aliphatic rings. The minimum absolute atomic E-state index is 0. The van der Waals surface area contributed by atoms with E-state index in [1.54, 1.807) is 21.3 Å². The van der Waals surface area contributed by atoms with E-state index < -0.39 is 0 Å². The van der Waals surface area contributed by atoms with Crippen LogP contribution in [-0.2, 0) is 24.3 Å². The molecule has 0 unspecified atom stereocenters. The Morgan fingerprint density at radius 3 is 2.50 bits per heavy atom. The van der Waals surface area contributed by atoms with Gasteiger partial charge in [-0.25, -0.2) is 0 Å². The molecule has 0 bridgehead atoms. The number of ether oxygens (including phenoxy) is 2. The summed E-state index contributed by atoms with van der Waals surface area (Å²) in [7, 11) is 5.04. The zero-order chi connectivity index (χ0) is 22.1. The minimum Gasteiger partial charge on any atom is -0.493 e. The Labute approximate surface area is 207 Å². The van der Waals surface area contributed by atoms with Crippen LogP contribution in [0.4, 0.5) is 0 Å². The van der Waals surface area contributed by atoms with Gasteiger partial charge < -0.3 is 25.0 Å². The van der Waals surface area contributed by atoms with Gasteiger partial charge in [-0.1, -0.05) is 30.3 Å². The molecule has 2 aromatic carbocycles. The van der Waals surface area contributed by atoms with Gasteiger partial charge in [0.15, 0.2) is 17.5 Å². The van der Waals surface area contributed by atoms with Crippen LogP contribution in [0.1, 0.15) is 29.5 Å². The van der Waals surface area contributed by atoms with E-state index in [2.05, 4.69) is 33.8 Å². The molecule has 32 heavy (non-hydrogen) atoms. The van der Waals surface area contributed by atoms with Gasteiger partial charge in [-0.2, -0.15) is 0 Å². The molecule has 7 nitrogen and oxygen atoms in total. The molecule has 1 fully saturated rings. The summed E-state index contributed by atoms with van der Waals surface area (Å²) < 4.78 is 10.7. The number of hydrogen-bond acceptors (Lipinski definition) is 4. The normalized spacial score (nSPS) is 13.5. The summed E-state index contributed by atoms with van der Waals surface area (Å²) in [6.45, 7) is 2.95. The smallest absolute Gasteiger partial charge is 0.222 e. The molecule has 0 spiro atoms. The molecule has 0 radical (unpaired) electrons. The van der Waals surface area contributed by atoms with E-state index in [-0.39, 0.29) is 29.9 Å². The zero-order valence-corrected chi connectivity index (χ0v) is 21.3. The molecular formula is C24H33IN4O3. The number of halogens is 1. The largest absolute Gasteiger partial charge is 0.493 e. The van der Waals surface area contributed by atoms with Crippen LogP contribution >= 0.6 is 24.0 Å². The van der Waals surface area contributed by atoms with E-state index in [1.807, 2.05) is 29.2 Å². The fourth-order valence-electron chi connectivity index (χ4n) is 3.70. The number of hydrogen-bond donors (Lipinski definition) is 2. The fourth-order valence-corrected chi connectivity index (χ4v) is 3.70. The number of likely N-dealkylation sites (tertiary alicyclic amines) is 1. The number of nitrogens with one attached hydrogen (secondary N) is 2. The van der Waals surface area contributed by atoms with E-state index >= 15 is 0 Å². The molecule has 2 N–H and O–H groups in total. The predicted molar refractivity (Wildman–Crippen MR) is 138 cm³/mol. The molecule has 0 saturated carbocycles. The van der Waals surface area contributed by atoms with E-state index in [9.17, 15) is 4.79 Å². The Morgan fingerprint density at radius 1 is 1.03 bits per heavy atom. The predicted octanol–water partition coefficient (Wildman–Crippen LogP) is 3.35. The maximum atomic E-state index is 11.9. The lowest BCUT2D eigenvalue weighted by atomic mass is 10.1. The number of methoxy groups -OCH3 is 2. The first-order valence-electron chi connectivity index (χ1n) is 10.6. The van der Waals surface area contributed by atoms with Crippen LogP contribution in [0.15, 0.2) is 47.5 Å². The second-order valence-corrected chi connectivity index (χ2v) is 7.53. The summed E-state index contributed by atoms with van der Waals surface area (Å²) in [5, 5.41) is 6.70. The van der Waals surface area contributed by atoms with Gasteiger partial charge in [-0.05, 0) is 41.7 Å². The Balaban J connectivity index is 0.00000363. The quantitative estimate of drug-likeness (QED) is 0.284. The molecule has 174 valence electrons. The molecule has 1 aliphatic heterocycles. The Kier molecular flexibility index (Phi) is 10.6. The highest BCUT2D eigenvalue weighted by atomic mass is 127. The number of carbonyl (C=O) groups is 1. The SMILES string of the molecule is CN=C(NCCc1ccc(OC)c(OC)c1)NCc1cccc(CN2CCCC2=O)c1.I. The topological polar surface area (TPSA) is 75.2 Å². The fraction of sp³-hybridized carbons (Fsp3) is 0.417. The van der Waals surface area contributed by atoms with Crippen molar-refractivity contribution in [3.63, 3.8) is 0 Å². The number of aliphatic imine (C=N–C) groups is 1. The van der Waals surface area contributed by atoms with E-state index in [4.69, 9.17) is 9.47 Å². The van der Waals surface area contributed by atoms with Gasteiger partial charge in [0, 0.05) is 39.6 Å². The van der Waals surface area contributed by atoms with Gasteiger partial charge in [0.2, 0.25) is 5.91 Å². The van der Waals surface area contributed by atoms with Crippen molar-refractivity contribution in [2.24, 2.45) is 4.99 Å². The number of carbonyl (C=O) groups excluding carboxylic acids is 1. The van der Waals surface area contributed by atoms with Gasteiger partial charge in [0.05, 0.1) is 14.2 Å². The van der Waals surface area contributed by atoms with Crippen LogP contribution in [0.3, 0.4) is 0 Å². The van der Waals surface area contributed by atoms with Gasteiger partial charge in [-0.15, -0.1) is 24.0 Å². The molecule has 2 aromatic rings. The molecule has 1 heterocycles. The highest BCUT2D eigenvalue weighted by Crippen LogP contribution is 2.27. The lowest BCUT2D eigenvalue weighted by molar-refractivity contribution is -0.128. The first kappa shape index (κ1) is 25.8. The maximum absolute atomic E-state index is 11.9. The van der Waals surface area contributed by atoms with Crippen molar-refractivity contribution in [1.29, 1.82) is 0 Å². The third-order valence-corrected chi connectivity index (χ3v) is 5.37. The number of nitrogens with zero attached hydrogens (tertiary/aromatic N) is 2. The Morgan fingerprint density at radius 2 is 1.81 bits per heavy atom. The lowest BCUT2D eigenvalue weighted by Crippen LogP contribution is -2.37. The average Bonchev–Trinajstić information content (AvgIpc) is 3.20. The molecule has 3 rings (SSSR count). The molecule has 0 atom stereocenters. The van der Waals surface area contributed by atoms with Crippen molar-refractivity contribution in [1.82, 2.24) is 15.5 Å². The molecule has 8 heteroatoms. The van der Waals surface area contributed by atoms with Gasteiger partial charge in [-0.3, -0.25) is 9.79 Å². The number of benzene rings is 2. The summed E-state index contributed by atoms with van der Waals surface area (Å²) in [5.74, 6) is 2.47. The third kappa shape index (κ3) is 7.29. The number of guanidine groups is 1. The van der Waals surface area contributed by atoms with Crippen molar-refractivity contribution >= 4 is 35.8 Å². The van der Waals surface area contributed by atoms with Crippen molar-refractivity contribution in [2.45, 2.75) is 32.4 Å². The standard InChI is InChI=1S/C24H32N4O3.HI/c1-25-24(26-12-11-18-9-10-21(30-2)22(15-18)31-3)27-16-19-6-4-7-20(14-19)17-28-13-5-8-23(28)29;/h4,6-7,9-10,14-15H,5,8,11-13,16-17H2,1-3H3,(H2,25,26,27);1H. The average molecular weight is 552 g/mol. The van der Waals surface area contributed by atoms with Crippen LogP contribution in [0, 0.1) is 0 Å². The summed E-state index contributed by atoms with van der Waals surface area (Å²) >= 11 is 0. The minimum atomic E-state index is 0. The van der Waals surface area contributed by atoms with Crippen LogP contribution in [-0.4, -0.2) is 51.1 Å². The van der Waals surface area contributed by atoms with Crippen molar-refractivity contribution < 1.29 is 14.3 Å². The van der Waals surface area contributed by atoms with Crippen LogP contribution in [0.5, 0.6) is 11.5 Å². The van der Waals surface area contributed by atoms with Gasteiger partial charge in [0.1, 0.15) is 0 Å². The Hall–Kier alpha value is -2.49. The first-order chi connectivity index (χ1) is 15.1. The lowest BCUT2D eigenvalue weighted by Gasteiger charge is -2.16. The molecule has 1 saturated heterocycles. The van der Waals surface area contributed by atoms with Crippen molar-refractivity contribution in [3.8, 4) is 11.5 Å². The monoisotopic (exact) mass is 552 g/mol. The van der Waals surface area contributed by atoms with Gasteiger partial charge >= 0.3 is 0 Å². The van der Waals surface area contributed by atoms with E-state index in [0.717, 1.165) is 60.1 Å². The number of rotatable bonds is 9. The van der Waals surface area contributed by atoms with Crippen LogP contribution in [0.25, 0.3) is 0 Å². The summed E-state index contributed by atoms with van der Waals surface area (Å²) in [6, 6.07) is 14.3. The molecule has 0 aliphatic carbocycles. The molecule has 1 amide bonds. The summed E-state index contributed by atoms with van der Waals surface area (Å²) in [4.78, 5) is 18.1. The highest BCUT2D eigenvalue weighted by molar-refractivity contribution is 14.0. The Bertz CT molecular complexity index is 920. The van der Waals surface area contributed by atoms with E-state index in [1.165, 1.54) is 0 Å². The van der Waals surface area contributed by atoms with Crippen LogP contribution < -0.4 is 20.1 Å². The number of amides is 1. The van der Waals surface area contributed by atoms with Crippen molar-refractivity contribution in [2.75, 3.05) is 34.4 Å². The van der Waals surface area contributed by atoms with Crippen LogP contribution in [0.2, 0.25) is 0 Å². The molecular weight excluding hydrogens is 519 g/mol.